The van der Waals surface area contributed by atoms with E-state index in [-0.39, 0.29) is 6.01 Å². The van der Waals surface area contributed by atoms with E-state index < -0.39 is 0 Å². The Labute approximate surface area is 184 Å². The Hall–Kier alpha value is -3.36. The van der Waals surface area contributed by atoms with Crippen LogP contribution in [0.2, 0.25) is 5.02 Å². The zero-order valence-corrected chi connectivity index (χ0v) is 17.7. The van der Waals surface area contributed by atoms with Crippen molar-refractivity contribution in [2.45, 2.75) is 12.6 Å². The van der Waals surface area contributed by atoms with E-state index >= 15 is 0 Å². The van der Waals surface area contributed by atoms with Gasteiger partial charge in [-0.25, -0.2) is 15.0 Å². The van der Waals surface area contributed by atoms with Gasteiger partial charge < -0.3 is 25.3 Å². The second-order valence-corrected chi connectivity index (χ2v) is 7.92. The summed E-state index contributed by atoms with van der Waals surface area (Å²) in [5, 5.41) is 10.7. The van der Waals surface area contributed by atoms with Gasteiger partial charge in [0.25, 0.3) is 0 Å². The molecule has 0 saturated carbocycles. The lowest BCUT2D eigenvalue weighted by Crippen LogP contribution is -2.51. The third kappa shape index (κ3) is 4.40. The molecule has 0 unspecified atom stereocenters. The molecule has 2 aromatic heterocycles. The number of ether oxygens (including phenoxy) is 1. The molecule has 3 N–H and O–H groups in total. The first-order chi connectivity index (χ1) is 15.1. The van der Waals surface area contributed by atoms with E-state index in [9.17, 15) is 0 Å². The maximum Gasteiger partial charge on any atom is 0.321 e. The van der Waals surface area contributed by atoms with Crippen LogP contribution in [0.1, 0.15) is 5.56 Å². The van der Waals surface area contributed by atoms with Crippen LogP contribution < -0.4 is 20.7 Å². The van der Waals surface area contributed by atoms with Gasteiger partial charge in [0.05, 0.1) is 34.5 Å². The van der Waals surface area contributed by atoms with Gasteiger partial charge in [-0.05, 0) is 35.9 Å². The lowest BCUT2D eigenvalue weighted by Gasteiger charge is -2.28. The molecule has 9 heteroatoms. The number of hydrogen-bond donors (Lipinski definition) is 3. The predicted octanol–water partition coefficient (Wildman–Crippen LogP) is 3.80. The van der Waals surface area contributed by atoms with Crippen molar-refractivity contribution in [3.63, 3.8) is 0 Å². The number of nitrogens with zero attached hydrogens (tertiary/aromatic N) is 4. The lowest BCUT2D eigenvalue weighted by atomic mass is 10.1. The van der Waals surface area contributed by atoms with E-state index in [0.29, 0.717) is 23.4 Å². The first-order valence-electron chi connectivity index (χ1n) is 10.1. The molecule has 3 heterocycles. The monoisotopic (exact) mass is 435 g/mol. The van der Waals surface area contributed by atoms with E-state index in [1.807, 2.05) is 31.3 Å². The first-order valence-corrected chi connectivity index (χ1v) is 10.4. The quantitative estimate of drug-likeness (QED) is 0.406. The van der Waals surface area contributed by atoms with Crippen molar-refractivity contribution >= 4 is 34.3 Å². The zero-order chi connectivity index (χ0) is 21.2. The van der Waals surface area contributed by atoms with Gasteiger partial charge in [0.2, 0.25) is 5.95 Å². The molecule has 2 aromatic carbocycles. The highest BCUT2D eigenvalue weighted by molar-refractivity contribution is 6.30. The largest absolute Gasteiger partial charge is 0.424 e. The van der Waals surface area contributed by atoms with Crippen molar-refractivity contribution in [1.29, 1.82) is 0 Å². The van der Waals surface area contributed by atoms with Crippen LogP contribution in [-0.4, -0.2) is 38.7 Å². The summed E-state index contributed by atoms with van der Waals surface area (Å²) < 4.78 is 7.71. The summed E-state index contributed by atoms with van der Waals surface area (Å²) in [7, 11) is 2.02. The van der Waals surface area contributed by atoms with Crippen molar-refractivity contribution in [3.8, 4) is 11.8 Å². The van der Waals surface area contributed by atoms with E-state index in [4.69, 9.17) is 21.3 Å². The topological polar surface area (TPSA) is 88.9 Å². The number of aryl methyl sites for hydroxylation is 1. The smallest absolute Gasteiger partial charge is 0.321 e. The van der Waals surface area contributed by atoms with Crippen LogP contribution >= 0.6 is 11.6 Å². The molecule has 0 radical (unpaired) electrons. The van der Waals surface area contributed by atoms with Gasteiger partial charge in [0.1, 0.15) is 5.75 Å². The molecule has 0 atom stereocenters. The third-order valence-electron chi connectivity index (χ3n) is 5.21. The molecule has 0 bridgehead atoms. The summed E-state index contributed by atoms with van der Waals surface area (Å²) >= 11 is 5.79. The summed E-state index contributed by atoms with van der Waals surface area (Å²) in [4.78, 5) is 12.8. The second kappa shape index (κ2) is 8.41. The third-order valence-corrected chi connectivity index (χ3v) is 5.41. The van der Waals surface area contributed by atoms with Crippen LogP contribution in [0.25, 0.3) is 11.0 Å². The van der Waals surface area contributed by atoms with E-state index in [2.05, 4.69) is 48.7 Å². The number of anilines is 2. The molecule has 5 rings (SSSR count). The van der Waals surface area contributed by atoms with Crippen LogP contribution in [0.4, 0.5) is 11.6 Å². The minimum Gasteiger partial charge on any atom is -0.424 e. The molecule has 1 aliphatic rings. The van der Waals surface area contributed by atoms with Gasteiger partial charge in [0, 0.05) is 32.4 Å². The fourth-order valence-corrected chi connectivity index (χ4v) is 3.48. The molecular weight excluding hydrogens is 414 g/mol. The maximum atomic E-state index is 5.79. The molecule has 0 spiro atoms. The first kappa shape index (κ1) is 19.6. The summed E-state index contributed by atoms with van der Waals surface area (Å²) in [5.74, 6) is 1.49. The molecular formula is C22H22ClN7O. The highest BCUT2D eigenvalue weighted by Crippen LogP contribution is 2.24. The Kier molecular flexibility index (Phi) is 5.31. The van der Waals surface area contributed by atoms with Gasteiger partial charge in [0.15, 0.2) is 0 Å². The normalized spacial score (nSPS) is 13.7. The summed E-state index contributed by atoms with van der Waals surface area (Å²) in [6.45, 7) is 2.66. The summed E-state index contributed by atoms with van der Waals surface area (Å²) in [5.41, 5.74) is 4.28. The number of imidazole rings is 1. The fraction of sp³-hybridized carbons (Fsp3) is 0.227. The highest BCUT2D eigenvalue weighted by atomic mass is 35.5. The van der Waals surface area contributed by atoms with Gasteiger partial charge in [-0.1, -0.05) is 23.7 Å². The number of hydrogen-bond acceptors (Lipinski definition) is 7. The number of halogens is 1. The van der Waals surface area contributed by atoms with E-state index in [0.717, 1.165) is 41.3 Å². The van der Waals surface area contributed by atoms with E-state index in [1.54, 1.807) is 0 Å². The zero-order valence-electron chi connectivity index (χ0n) is 17.0. The molecule has 31 heavy (non-hydrogen) atoms. The maximum absolute atomic E-state index is 5.79. The van der Waals surface area contributed by atoms with Gasteiger partial charge in [-0.3, -0.25) is 0 Å². The van der Waals surface area contributed by atoms with Crippen molar-refractivity contribution in [1.82, 2.24) is 24.8 Å². The fourth-order valence-electron chi connectivity index (χ4n) is 3.38. The average molecular weight is 436 g/mol. The Morgan fingerprint density at radius 2 is 1.90 bits per heavy atom. The highest BCUT2D eigenvalue weighted by Gasteiger charge is 2.16. The predicted molar refractivity (Wildman–Crippen MR) is 122 cm³/mol. The molecule has 1 saturated heterocycles. The van der Waals surface area contributed by atoms with Crippen LogP contribution in [-0.2, 0) is 13.6 Å². The number of benzene rings is 2. The number of nitrogens with one attached hydrogen (secondary N) is 3. The summed E-state index contributed by atoms with van der Waals surface area (Å²) in [6.07, 6.45) is 3.01. The number of rotatable bonds is 7. The van der Waals surface area contributed by atoms with Gasteiger partial charge in [-0.2, -0.15) is 0 Å². The molecule has 158 valence electrons. The van der Waals surface area contributed by atoms with Gasteiger partial charge in [-0.15, -0.1) is 0 Å². The molecule has 0 aliphatic carbocycles. The number of fused-ring (bicyclic) bond motifs is 1. The molecule has 1 aliphatic heterocycles. The minimum atomic E-state index is 0.261. The van der Waals surface area contributed by atoms with Crippen molar-refractivity contribution in [2.75, 3.05) is 23.7 Å². The molecule has 4 aromatic rings. The van der Waals surface area contributed by atoms with E-state index in [1.165, 1.54) is 12.4 Å². The van der Waals surface area contributed by atoms with Crippen molar-refractivity contribution in [2.24, 2.45) is 7.05 Å². The Morgan fingerprint density at radius 3 is 2.61 bits per heavy atom. The Bertz CT molecular complexity index is 1190. The van der Waals surface area contributed by atoms with Crippen LogP contribution in [0, 0.1) is 0 Å². The van der Waals surface area contributed by atoms with Crippen LogP contribution in [0.15, 0.2) is 54.9 Å². The van der Waals surface area contributed by atoms with Gasteiger partial charge >= 0.3 is 6.01 Å². The summed E-state index contributed by atoms with van der Waals surface area (Å²) in [6, 6.07) is 14.8. The molecule has 0 amide bonds. The molecule has 8 nitrogen and oxygen atoms in total. The Morgan fingerprint density at radius 1 is 1.13 bits per heavy atom. The SMILES string of the molecule is Cn1c(NCc2ccc(Oc3ncc(Cl)cn3)cc2)nc2ccc(NC3CNC3)cc21. The van der Waals surface area contributed by atoms with Crippen LogP contribution in [0.5, 0.6) is 11.8 Å². The second-order valence-electron chi connectivity index (χ2n) is 7.48. The van der Waals surface area contributed by atoms with Crippen molar-refractivity contribution in [3.05, 3.63) is 65.4 Å². The Balaban J connectivity index is 1.23. The standard InChI is InChI=1S/C22H22ClN7O/c1-30-20-8-16(28-17-12-24-13-17)4-7-19(20)29-21(30)25-9-14-2-5-18(6-3-14)31-22-26-10-15(23)11-27-22/h2-8,10-11,17,24,28H,9,12-13H2,1H3,(H,25,29). The van der Waals surface area contributed by atoms with Crippen LogP contribution in [0.3, 0.4) is 0 Å². The number of aromatic nitrogens is 4. The van der Waals surface area contributed by atoms with Crippen molar-refractivity contribution < 1.29 is 4.74 Å². The average Bonchev–Trinajstić information content (AvgIpc) is 3.07. The minimum absolute atomic E-state index is 0.261. The lowest BCUT2D eigenvalue weighted by molar-refractivity contribution is 0.441. The molecule has 1 fully saturated rings.